The van der Waals surface area contributed by atoms with E-state index in [2.05, 4.69) is 0 Å². The average Bonchev–Trinajstić information content (AvgIpc) is 3.06. The number of carboxylic acids is 1. The third-order valence-electron chi connectivity index (χ3n) is 4.82. The minimum atomic E-state index is -0.934. The highest BCUT2D eigenvalue weighted by molar-refractivity contribution is 5.99. The van der Waals surface area contributed by atoms with Crippen LogP contribution in [0.5, 0.6) is 0 Å². The Morgan fingerprint density at radius 2 is 1.73 bits per heavy atom. The number of benzene rings is 1. The molecule has 0 bridgehead atoms. The third kappa shape index (κ3) is 2.34. The second-order valence-corrected chi connectivity index (χ2v) is 6.04. The topological polar surface area (TPSA) is 101 Å². The Labute approximate surface area is 127 Å². The van der Waals surface area contributed by atoms with E-state index in [0.717, 1.165) is 19.3 Å². The van der Waals surface area contributed by atoms with Gasteiger partial charge in [0.1, 0.15) is 6.04 Å². The second kappa shape index (κ2) is 5.44. The maximum absolute atomic E-state index is 12.6. The van der Waals surface area contributed by atoms with Gasteiger partial charge in [-0.2, -0.15) is 0 Å². The quantitative estimate of drug-likeness (QED) is 0.873. The van der Waals surface area contributed by atoms with Gasteiger partial charge in [0.05, 0.1) is 0 Å². The number of hydrogen-bond donors (Lipinski definition) is 2. The number of rotatable bonds is 3. The molecule has 2 aliphatic rings. The van der Waals surface area contributed by atoms with Crippen LogP contribution in [-0.4, -0.2) is 40.4 Å². The monoisotopic (exact) mass is 302 g/mol. The number of primary amides is 1. The van der Waals surface area contributed by atoms with Crippen LogP contribution in [-0.2, 0) is 4.79 Å². The predicted molar refractivity (Wildman–Crippen MR) is 78.3 cm³/mol. The molecule has 1 aliphatic heterocycles. The van der Waals surface area contributed by atoms with E-state index in [1.54, 1.807) is 0 Å². The van der Waals surface area contributed by atoms with Gasteiger partial charge in [0.25, 0.3) is 5.91 Å². The van der Waals surface area contributed by atoms with Crippen molar-refractivity contribution in [3.8, 4) is 0 Å². The van der Waals surface area contributed by atoms with Crippen molar-refractivity contribution in [2.24, 2.45) is 17.6 Å². The van der Waals surface area contributed by atoms with Crippen molar-refractivity contribution in [2.75, 3.05) is 6.54 Å². The lowest BCUT2D eigenvalue weighted by Gasteiger charge is -2.24. The summed E-state index contributed by atoms with van der Waals surface area (Å²) in [7, 11) is 0. The van der Waals surface area contributed by atoms with E-state index < -0.39 is 17.9 Å². The van der Waals surface area contributed by atoms with Gasteiger partial charge in [-0.15, -0.1) is 0 Å². The predicted octanol–water partition coefficient (Wildman–Crippen LogP) is 1.11. The molecule has 0 aromatic heterocycles. The molecule has 3 atom stereocenters. The summed E-state index contributed by atoms with van der Waals surface area (Å²) in [5.41, 5.74) is 5.88. The molecule has 2 fully saturated rings. The molecule has 1 heterocycles. The van der Waals surface area contributed by atoms with Gasteiger partial charge in [-0.3, -0.25) is 9.59 Å². The van der Waals surface area contributed by atoms with E-state index in [-0.39, 0.29) is 17.7 Å². The van der Waals surface area contributed by atoms with Gasteiger partial charge < -0.3 is 15.7 Å². The van der Waals surface area contributed by atoms with Crippen LogP contribution in [0.3, 0.4) is 0 Å². The standard InChI is InChI=1S/C16H18N2O4/c17-14(19)9-4-6-10(7-5-9)15(20)18-8-11-2-1-3-12(11)13(18)16(21)22/h4-7,11-13H,1-3,8H2,(H2,17,19)(H,21,22). The van der Waals surface area contributed by atoms with Gasteiger partial charge in [0, 0.05) is 17.7 Å². The molecule has 0 spiro atoms. The first-order chi connectivity index (χ1) is 10.5. The molecule has 3 N–H and O–H groups in total. The summed E-state index contributed by atoms with van der Waals surface area (Å²) in [6.07, 6.45) is 2.89. The van der Waals surface area contributed by atoms with Crippen molar-refractivity contribution in [3.63, 3.8) is 0 Å². The fourth-order valence-electron chi connectivity index (χ4n) is 3.77. The largest absolute Gasteiger partial charge is 0.480 e. The Morgan fingerprint density at radius 1 is 1.09 bits per heavy atom. The van der Waals surface area contributed by atoms with Crippen LogP contribution >= 0.6 is 0 Å². The van der Waals surface area contributed by atoms with E-state index in [9.17, 15) is 19.5 Å². The van der Waals surface area contributed by atoms with Crippen molar-refractivity contribution in [1.82, 2.24) is 4.90 Å². The number of fused-ring (bicyclic) bond motifs is 1. The first-order valence-electron chi connectivity index (χ1n) is 7.42. The Balaban J connectivity index is 1.84. The molecule has 2 amide bonds. The zero-order valence-electron chi connectivity index (χ0n) is 12.1. The molecular weight excluding hydrogens is 284 g/mol. The molecule has 1 aliphatic carbocycles. The number of nitrogens with zero attached hydrogens (tertiary/aromatic N) is 1. The first kappa shape index (κ1) is 14.6. The van der Waals surface area contributed by atoms with E-state index in [4.69, 9.17) is 5.73 Å². The molecule has 6 nitrogen and oxygen atoms in total. The number of carbonyl (C=O) groups excluding carboxylic acids is 2. The lowest BCUT2D eigenvalue weighted by atomic mass is 9.94. The Bertz CT molecular complexity index is 626. The number of aliphatic carboxylic acids is 1. The van der Waals surface area contributed by atoms with Gasteiger partial charge in [-0.1, -0.05) is 6.42 Å². The highest BCUT2D eigenvalue weighted by Crippen LogP contribution is 2.42. The molecule has 1 aromatic rings. The summed E-state index contributed by atoms with van der Waals surface area (Å²) in [5, 5.41) is 9.49. The summed E-state index contributed by atoms with van der Waals surface area (Å²) in [6, 6.07) is 5.28. The highest BCUT2D eigenvalue weighted by atomic mass is 16.4. The van der Waals surface area contributed by atoms with Crippen LogP contribution in [0.1, 0.15) is 40.0 Å². The molecule has 3 unspecified atom stereocenters. The van der Waals surface area contributed by atoms with E-state index >= 15 is 0 Å². The molecule has 1 aromatic carbocycles. The Kier molecular flexibility index (Phi) is 3.60. The normalized spacial score (nSPS) is 26.7. The summed E-state index contributed by atoms with van der Waals surface area (Å²) in [6.45, 7) is 0.498. The molecule has 6 heteroatoms. The fourth-order valence-corrected chi connectivity index (χ4v) is 3.77. The Morgan fingerprint density at radius 3 is 2.32 bits per heavy atom. The van der Waals surface area contributed by atoms with Gasteiger partial charge in [-0.25, -0.2) is 4.79 Å². The van der Waals surface area contributed by atoms with Crippen molar-refractivity contribution < 1.29 is 19.5 Å². The van der Waals surface area contributed by atoms with E-state index in [0.29, 0.717) is 17.7 Å². The van der Waals surface area contributed by atoms with Crippen LogP contribution in [0, 0.1) is 11.8 Å². The van der Waals surface area contributed by atoms with Gasteiger partial charge in [0.15, 0.2) is 0 Å². The summed E-state index contributed by atoms with van der Waals surface area (Å²) >= 11 is 0. The second-order valence-electron chi connectivity index (χ2n) is 6.04. The third-order valence-corrected chi connectivity index (χ3v) is 4.82. The van der Waals surface area contributed by atoms with Gasteiger partial charge >= 0.3 is 5.97 Å². The zero-order chi connectivity index (χ0) is 15.9. The summed E-state index contributed by atoms with van der Waals surface area (Å²) in [5.74, 6) is -1.44. The summed E-state index contributed by atoms with van der Waals surface area (Å²) < 4.78 is 0. The molecule has 0 radical (unpaired) electrons. The molecule has 1 saturated carbocycles. The van der Waals surface area contributed by atoms with Crippen LogP contribution in [0.2, 0.25) is 0 Å². The molecule has 22 heavy (non-hydrogen) atoms. The lowest BCUT2D eigenvalue weighted by Crippen LogP contribution is -2.43. The molecule has 1 saturated heterocycles. The molecule has 116 valence electrons. The maximum Gasteiger partial charge on any atom is 0.326 e. The SMILES string of the molecule is NC(=O)c1ccc(C(=O)N2CC3CCCC3C2C(=O)O)cc1. The highest BCUT2D eigenvalue weighted by Gasteiger charge is 2.49. The van der Waals surface area contributed by atoms with Crippen LogP contribution in [0.15, 0.2) is 24.3 Å². The van der Waals surface area contributed by atoms with E-state index in [1.807, 2.05) is 0 Å². The molecule has 3 rings (SSSR count). The smallest absolute Gasteiger partial charge is 0.326 e. The van der Waals surface area contributed by atoms with Crippen molar-refractivity contribution in [1.29, 1.82) is 0 Å². The fraction of sp³-hybridized carbons (Fsp3) is 0.438. The number of amides is 2. The maximum atomic E-state index is 12.6. The van der Waals surface area contributed by atoms with E-state index in [1.165, 1.54) is 29.2 Å². The van der Waals surface area contributed by atoms with Crippen molar-refractivity contribution in [3.05, 3.63) is 35.4 Å². The average molecular weight is 302 g/mol. The summed E-state index contributed by atoms with van der Waals surface area (Å²) in [4.78, 5) is 36.7. The number of likely N-dealkylation sites (tertiary alicyclic amines) is 1. The number of nitrogens with two attached hydrogens (primary N) is 1. The van der Waals surface area contributed by atoms with Gasteiger partial charge in [-0.05, 0) is 48.9 Å². The van der Waals surface area contributed by atoms with Crippen molar-refractivity contribution in [2.45, 2.75) is 25.3 Å². The molecular formula is C16H18N2O4. The minimum Gasteiger partial charge on any atom is -0.480 e. The Hall–Kier alpha value is -2.37. The number of carbonyl (C=O) groups is 3. The van der Waals surface area contributed by atoms with Crippen LogP contribution < -0.4 is 5.73 Å². The zero-order valence-corrected chi connectivity index (χ0v) is 12.1. The number of carboxylic acid groups (broad SMARTS) is 1. The van der Waals surface area contributed by atoms with Crippen molar-refractivity contribution >= 4 is 17.8 Å². The first-order valence-corrected chi connectivity index (χ1v) is 7.42. The van der Waals surface area contributed by atoms with Crippen LogP contribution in [0.25, 0.3) is 0 Å². The lowest BCUT2D eigenvalue weighted by molar-refractivity contribution is -0.142. The number of hydrogen-bond acceptors (Lipinski definition) is 3. The van der Waals surface area contributed by atoms with Gasteiger partial charge in [0.2, 0.25) is 5.91 Å². The van der Waals surface area contributed by atoms with Crippen LogP contribution in [0.4, 0.5) is 0 Å². The minimum absolute atomic E-state index is 0.0614.